The van der Waals surface area contributed by atoms with Crippen molar-refractivity contribution in [2.24, 2.45) is 5.73 Å². The number of rotatable bonds is 3. The van der Waals surface area contributed by atoms with Crippen LogP contribution in [0.3, 0.4) is 0 Å². The maximum Gasteiger partial charge on any atom is 0.129 e. The number of benzene rings is 1. The number of hydrogen-bond donors (Lipinski definition) is 2. The topological polar surface area (TPSA) is 50.9 Å². The third-order valence-corrected chi connectivity index (χ3v) is 3.11. The molecule has 0 aliphatic carbocycles. The van der Waals surface area contributed by atoms with Gasteiger partial charge in [-0.1, -0.05) is 30.3 Å². The smallest absolute Gasteiger partial charge is 0.129 e. The maximum absolute atomic E-state index is 6.30. The highest BCUT2D eigenvalue weighted by molar-refractivity contribution is 5.47. The zero-order chi connectivity index (χ0) is 14.8. The van der Waals surface area contributed by atoms with Gasteiger partial charge in [0.2, 0.25) is 0 Å². The van der Waals surface area contributed by atoms with Gasteiger partial charge in [-0.3, -0.25) is 0 Å². The molecule has 3 heteroatoms. The molecule has 20 heavy (non-hydrogen) atoms. The number of nitrogens with two attached hydrogens (primary N) is 1. The van der Waals surface area contributed by atoms with Crippen LogP contribution in [0.15, 0.2) is 42.6 Å². The number of hydrogen-bond acceptors (Lipinski definition) is 3. The van der Waals surface area contributed by atoms with Crippen LogP contribution in [0.2, 0.25) is 0 Å². The van der Waals surface area contributed by atoms with Gasteiger partial charge in [-0.15, -0.1) is 0 Å². The first kappa shape index (κ1) is 14.5. The quantitative estimate of drug-likeness (QED) is 0.894. The van der Waals surface area contributed by atoms with Crippen LogP contribution < -0.4 is 11.1 Å². The van der Waals surface area contributed by atoms with E-state index in [1.807, 2.05) is 36.5 Å². The van der Waals surface area contributed by atoms with Crippen molar-refractivity contribution in [2.75, 3.05) is 5.32 Å². The Morgan fingerprint density at radius 1 is 1.10 bits per heavy atom. The van der Waals surface area contributed by atoms with E-state index in [1.54, 1.807) is 0 Å². The molecule has 0 aliphatic heterocycles. The van der Waals surface area contributed by atoms with E-state index < -0.39 is 0 Å². The van der Waals surface area contributed by atoms with Crippen molar-refractivity contribution in [2.45, 2.75) is 39.3 Å². The number of pyridine rings is 1. The molecule has 1 atom stereocenters. The van der Waals surface area contributed by atoms with Gasteiger partial charge in [0.25, 0.3) is 0 Å². The molecule has 2 rings (SSSR count). The summed E-state index contributed by atoms with van der Waals surface area (Å²) in [6.45, 7) is 8.43. The lowest BCUT2D eigenvalue weighted by Gasteiger charge is -2.23. The number of aromatic nitrogens is 1. The van der Waals surface area contributed by atoms with Crippen LogP contribution in [0.1, 0.15) is 43.5 Å². The van der Waals surface area contributed by atoms with E-state index in [0.717, 1.165) is 22.5 Å². The predicted octanol–water partition coefficient (Wildman–Crippen LogP) is 3.65. The molecule has 0 unspecified atom stereocenters. The summed E-state index contributed by atoms with van der Waals surface area (Å²) in [7, 11) is 0. The van der Waals surface area contributed by atoms with Crippen LogP contribution >= 0.6 is 0 Å². The van der Waals surface area contributed by atoms with Crippen LogP contribution in [-0.2, 0) is 0 Å². The second-order valence-corrected chi connectivity index (χ2v) is 6.20. The van der Waals surface area contributed by atoms with Crippen molar-refractivity contribution in [3.63, 3.8) is 0 Å². The molecular weight excluding hydrogens is 246 g/mol. The standard InChI is InChI=1S/C17H23N3/c1-12-10-14(11-19-16(12)20-17(2,3)4)15(18)13-8-6-5-7-9-13/h5-11,15H,18H2,1-4H3,(H,19,20)/t15-/m1/s1. The van der Waals surface area contributed by atoms with E-state index in [0.29, 0.717) is 0 Å². The third kappa shape index (κ3) is 3.58. The van der Waals surface area contributed by atoms with Gasteiger partial charge in [-0.05, 0) is 50.5 Å². The fourth-order valence-electron chi connectivity index (χ4n) is 2.11. The van der Waals surface area contributed by atoms with Crippen molar-refractivity contribution >= 4 is 5.82 Å². The van der Waals surface area contributed by atoms with Crippen molar-refractivity contribution in [1.82, 2.24) is 4.98 Å². The molecule has 0 spiro atoms. The molecule has 0 saturated heterocycles. The largest absolute Gasteiger partial charge is 0.365 e. The zero-order valence-electron chi connectivity index (χ0n) is 12.6. The lowest BCUT2D eigenvalue weighted by Crippen LogP contribution is -2.27. The summed E-state index contributed by atoms with van der Waals surface area (Å²) in [5.41, 5.74) is 9.55. The molecule has 0 radical (unpaired) electrons. The van der Waals surface area contributed by atoms with Gasteiger partial charge in [0.1, 0.15) is 5.82 Å². The molecule has 0 bridgehead atoms. The molecule has 3 nitrogen and oxygen atoms in total. The van der Waals surface area contributed by atoms with E-state index >= 15 is 0 Å². The first-order valence-electron chi connectivity index (χ1n) is 6.92. The van der Waals surface area contributed by atoms with Gasteiger partial charge in [0, 0.05) is 11.7 Å². The average molecular weight is 269 g/mol. The molecule has 0 aliphatic rings. The number of aryl methyl sites for hydroxylation is 1. The number of nitrogens with one attached hydrogen (secondary N) is 1. The summed E-state index contributed by atoms with van der Waals surface area (Å²) < 4.78 is 0. The van der Waals surface area contributed by atoms with E-state index in [2.05, 4.69) is 44.1 Å². The molecule has 1 heterocycles. The summed E-state index contributed by atoms with van der Waals surface area (Å²) in [5, 5.41) is 3.40. The second kappa shape index (κ2) is 5.63. The lowest BCUT2D eigenvalue weighted by atomic mass is 10.00. The van der Waals surface area contributed by atoms with Gasteiger partial charge in [-0.2, -0.15) is 0 Å². The van der Waals surface area contributed by atoms with E-state index in [1.165, 1.54) is 0 Å². The first-order valence-corrected chi connectivity index (χ1v) is 6.92. The summed E-state index contributed by atoms with van der Waals surface area (Å²) in [4.78, 5) is 4.52. The average Bonchev–Trinajstić information content (AvgIpc) is 2.40. The highest BCUT2D eigenvalue weighted by Crippen LogP contribution is 2.23. The summed E-state index contributed by atoms with van der Waals surface area (Å²) in [6.07, 6.45) is 1.86. The fourth-order valence-corrected chi connectivity index (χ4v) is 2.11. The molecule has 2 aromatic rings. The summed E-state index contributed by atoms with van der Waals surface area (Å²) >= 11 is 0. The normalized spacial score (nSPS) is 13.1. The van der Waals surface area contributed by atoms with Gasteiger partial charge < -0.3 is 11.1 Å². The Hall–Kier alpha value is -1.87. The number of nitrogens with zero attached hydrogens (tertiary/aromatic N) is 1. The molecular formula is C17H23N3. The second-order valence-electron chi connectivity index (χ2n) is 6.20. The Morgan fingerprint density at radius 2 is 1.75 bits per heavy atom. The summed E-state index contributed by atoms with van der Waals surface area (Å²) in [5.74, 6) is 0.918. The fraction of sp³-hybridized carbons (Fsp3) is 0.353. The van der Waals surface area contributed by atoms with E-state index in [9.17, 15) is 0 Å². The van der Waals surface area contributed by atoms with Crippen LogP contribution in [0.25, 0.3) is 0 Å². The molecule has 0 fully saturated rings. The molecule has 0 amide bonds. The lowest BCUT2D eigenvalue weighted by molar-refractivity contribution is 0.629. The zero-order valence-corrected chi connectivity index (χ0v) is 12.6. The summed E-state index contributed by atoms with van der Waals surface area (Å²) in [6, 6.07) is 12.1. The highest BCUT2D eigenvalue weighted by atomic mass is 15.0. The Morgan fingerprint density at radius 3 is 2.30 bits per heavy atom. The Kier molecular flexibility index (Phi) is 4.09. The number of anilines is 1. The van der Waals surface area contributed by atoms with Crippen LogP contribution in [0.5, 0.6) is 0 Å². The first-order chi connectivity index (χ1) is 9.37. The minimum absolute atomic E-state index is 0.000816. The minimum atomic E-state index is -0.133. The third-order valence-electron chi connectivity index (χ3n) is 3.11. The van der Waals surface area contributed by atoms with Crippen LogP contribution in [0.4, 0.5) is 5.82 Å². The van der Waals surface area contributed by atoms with Crippen molar-refractivity contribution in [3.8, 4) is 0 Å². The molecule has 1 aromatic heterocycles. The SMILES string of the molecule is Cc1cc([C@H](N)c2ccccc2)cnc1NC(C)(C)C. The highest BCUT2D eigenvalue weighted by Gasteiger charge is 2.14. The van der Waals surface area contributed by atoms with Gasteiger partial charge >= 0.3 is 0 Å². The van der Waals surface area contributed by atoms with Crippen LogP contribution in [-0.4, -0.2) is 10.5 Å². The minimum Gasteiger partial charge on any atom is -0.365 e. The monoisotopic (exact) mass is 269 g/mol. The van der Waals surface area contributed by atoms with Gasteiger partial charge in [0.05, 0.1) is 6.04 Å². The van der Waals surface area contributed by atoms with E-state index in [-0.39, 0.29) is 11.6 Å². The van der Waals surface area contributed by atoms with Crippen molar-refractivity contribution < 1.29 is 0 Å². The Labute approximate surface area is 121 Å². The van der Waals surface area contributed by atoms with E-state index in [4.69, 9.17) is 5.73 Å². The van der Waals surface area contributed by atoms with Gasteiger partial charge in [0.15, 0.2) is 0 Å². The van der Waals surface area contributed by atoms with Crippen LogP contribution in [0, 0.1) is 6.92 Å². The molecule has 0 saturated carbocycles. The molecule has 1 aromatic carbocycles. The Balaban J connectivity index is 2.25. The maximum atomic E-state index is 6.30. The predicted molar refractivity (Wildman–Crippen MR) is 84.8 cm³/mol. The molecule has 106 valence electrons. The molecule has 3 N–H and O–H groups in total. The Bertz CT molecular complexity index is 571. The van der Waals surface area contributed by atoms with Crippen molar-refractivity contribution in [1.29, 1.82) is 0 Å². The van der Waals surface area contributed by atoms with Crippen molar-refractivity contribution in [3.05, 3.63) is 59.3 Å². The van der Waals surface area contributed by atoms with Gasteiger partial charge in [-0.25, -0.2) is 4.98 Å².